The summed E-state index contributed by atoms with van der Waals surface area (Å²) >= 11 is 0. The van der Waals surface area contributed by atoms with Crippen LogP contribution in [0.5, 0.6) is 0 Å². The average Bonchev–Trinajstić information content (AvgIpc) is 2.29. The van der Waals surface area contributed by atoms with Gasteiger partial charge in [-0.25, -0.2) is 4.79 Å². The standard InChI is InChI=1S/C15H28N2O5/c1-11(8-21-5)7-16-15(6-12(18)19)9-17(10-15)13(20)22-14(2,3)4/h11,16H,6-10H2,1-5H3,(H,18,19). The number of aliphatic carboxylic acids is 1. The molecule has 0 aromatic carbocycles. The third kappa shape index (κ3) is 5.81. The van der Waals surface area contributed by atoms with Crippen LogP contribution >= 0.6 is 0 Å². The average molecular weight is 316 g/mol. The van der Waals surface area contributed by atoms with Crippen LogP contribution in [0, 0.1) is 5.92 Å². The molecule has 1 fully saturated rings. The van der Waals surface area contributed by atoms with E-state index in [0.717, 1.165) is 0 Å². The molecule has 1 amide bonds. The maximum Gasteiger partial charge on any atom is 0.410 e. The van der Waals surface area contributed by atoms with Crippen molar-refractivity contribution in [2.75, 3.05) is 33.4 Å². The molecule has 128 valence electrons. The van der Waals surface area contributed by atoms with Crippen LogP contribution in [0.25, 0.3) is 0 Å². The summed E-state index contributed by atoms with van der Waals surface area (Å²) in [4.78, 5) is 24.6. The van der Waals surface area contributed by atoms with Gasteiger partial charge in [-0.05, 0) is 26.7 Å². The first kappa shape index (κ1) is 18.7. The van der Waals surface area contributed by atoms with E-state index in [9.17, 15) is 9.59 Å². The van der Waals surface area contributed by atoms with Crippen LogP contribution in [0.2, 0.25) is 0 Å². The summed E-state index contributed by atoms with van der Waals surface area (Å²) in [6.07, 6.45) is -0.424. The van der Waals surface area contributed by atoms with Gasteiger partial charge in [0.15, 0.2) is 0 Å². The lowest BCUT2D eigenvalue weighted by Gasteiger charge is -2.50. The Hall–Kier alpha value is -1.34. The van der Waals surface area contributed by atoms with Gasteiger partial charge in [0.2, 0.25) is 0 Å². The molecule has 1 atom stereocenters. The number of likely N-dealkylation sites (tertiary alicyclic amines) is 1. The van der Waals surface area contributed by atoms with Crippen LogP contribution < -0.4 is 5.32 Å². The highest BCUT2D eigenvalue weighted by Gasteiger charge is 2.47. The lowest BCUT2D eigenvalue weighted by molar-refractivity contribution is -0.141. The summed E-state index contributed by atoms with van der Waals surface area (Å²) in [5.74, 6) is -0.609. The Labute approximate surface area is 131 Å². The molecule has 0 aliphatic carbocycles. The monoisotopic (exact) mass is 316 g/mol. The maximum atomic E-state index is 12.0. The van der Waals surface area contributed by atoms with E-state index < -0.39 is 23.2 Å². The molecule has 1 aliphatic rings. The third-order valence-electron chi connectivity index (χ3n) is 3.41. The predicted molar refractivity (Wildman–Crippen MR) is 81.8 cm³/mol. The maximum absolute atomic E-state index is 12.0. The van der Waals surface area contributed by atoms with E-state index in [1.807, 2.05) is 6.92 Å². The third-order valence-corrected chi connectivity index (χ3v) is 3.41. The molecule has 0 saturated carbocycles. The number of carbonyl (C=O) groups is 2. The second-order valence-corrected chi connectivity index (χ2v) is 7.13. The summed E-state index contributed by atoms with van der Waals surface area (Å²) in [6, 6.07) is 0. The molecule has 7 heteroatoms. The van der Waals surface area contributed by atoms with Gasteiger partial charge < -0.3 is 24.8 Å². The highest BCUT2D eigenvalue weighted by molar-refractivity contribution is 5.73. The Balaban J connectivity index is 2.55. The molecule has 1 heterocycles. The fourth-order valence-corrected chi connectivity index (χ4v) is 2.45. The van der Waals surface area contributed by atoms with E-state index >= 15 is 0 Å². The van der Waals surface area contributed by atoms with Crippen molar-refractivity contribution in [3.05, 3.63) is 0 Å². The summed E-state index contributed by atoms with van der Waals surface area (Å²) in [5, 5.41) is 12.4. The van der Waals surface area contributed by atoms with Crippen molar-refractivity contribution in [1.82, 2.24) is 10.2 Å². The number of hydrogen-bond donors (Lipinski definition) is 2. The fourth-order valence-electron chi connectivity index (χ4n) is 2.45. The van der Waals surface area contributed by atoms with Crippen molar-refractivity contribution in [2.24, 2.45) is 5.92 Å². The Morgan fingerprint density at radius 1 is 1.36 bits per heavy atom. The van der Waals surface area contributed by atoms with Gasteiger partial charge in [0.25, 0.3) is 0 Å². The summed E-state index contributed by atoms with van der Waals surface area (Å²) in [6.45, 7) is 9.37. The van der Waals surface area contributed by atoms with E-state index in [0.29, 0.717) is 26.2 Å². The first-order valence-electron chi connectivity index (χ1n) is 7.50. The van der Waals surface area contributed by atoms with Gasteiger partial charge in [0.1, 0.15) is 5.60 Å². The first-order valence-corrected chi connectivity index (χ1v) is 7.50. The minimum absolute atomic E-state index is 0.0218. The number of nitrogens with zero attached hydrogens (tertiary/aromatic N) is 1. The lowest BCUT2D eigenvalue weighted by Crippen LogP contribution is -2.71. The largest absolute Gasteiger partial charge is 0.481 e. The van der Waals surface area contributed by atoms with Crippen molar-refractivity contribution < 1.29 is 24.2 Å². The van der Waals surface area contributed by atoms with Crippen molar-refractivity contribution in [3.63, 3.8) is 0 Å². The number of nitrogens with one attached hydrogen (secondary N) is 1. The number of rotatable bonds is 7. The van der Waals surface area contributed by atoms with E-state index in [1.165, 1.54) is 4.90 Å². The van der Waals surface area contributed by atoms with Crippen LogP contribution in [0.15, 0.2) is 0 Å². The SMILES string of the molecule is COCC(C)CNC1(CC(=O)O)CN(C(=O)OC(C)(C)C)C1. The van der Waals surface area contributed by atoms with Crippen LogP contribution in [0.3, 0.4) is 0 Å². The van der Waals surface area contributed by atoms with Crippen LogP contribution in [0.1, 0.15) is 34.1 Å². The van der Waals surface area contributed by atoms with E-state index in [4.69, 9.17) is 14.6 Å². The van der Waals surface area contributed by atoms with Crippen molar-refractivity contribution in [2.45, 2.75) is 45.3 Å². The summed E-state index contributed by atoms with van der Waals surface area (Å²) in [7, 11) is 1.64. The molecule has 0 spiro atoms. The zero-order valence-corrected chi connectivity index (χ0v) is 14.1. The highest BCUT2D eigenvalue weighted by atomic mass is 16.6. The fraction of sp³-hybridized carbons (Fsp3) is 0.867. The van der Waals surface area contributed by atoms with Crippen molar-refractivity contribution in [1.29, 1.82) is 0 Å². The Morgan fingerprint density at radius 3 is 2.41 bits per heavy atom. The Morgan fingerprint density at radius 2 is 1.95 bits per heavy atom. The smallest absolute Gasteiger partial charge is 0.410 e. The number of ether oxygens (including phenoxy) is 2. The quantitative estimate of drug-likeness (QED) is 0.736. The number of carbonyl (C=O) groups excluding carboxylic acids is 1. The number of carboxylic acids is 1. The van der Waals surface area contributed by atoms with E-state index in [-0.39, 0.29) is 12.3 Å². The topological polar surface area (TPSA) is 88.1 Å². The molecular formula is C15H28N2O5. The molecule has 1 rings (SSSR count). The van der Waals surface area contributed by atoms with Gasteiger partial charge in [-0.3, -0.25) is 4.79 Å². The molecule has 2 N–H and O–H groups in total. The zero-order chi connectivity index (χ0) is 17.0. The molecular weight excluding hydrogens is 288 g/mol. The van der Waals surface area contributed by atoms with Gasteiger partial charge >= 0.3 is 12.1 Å². The first-order chi connectivity index (χ1) is 10.1. The predicted octanol–water partition coefficient (Wildman–Crippen LogP) is 1.32. The zero-order valence-electron chi connectivity index (χ0n) is 14.1. The number of methoxy groups -OCH3 is 1. The van der Waals surface area contributed by atoms with Crippen LogP contribution in [-0.2, 0) is 14.3 Å². The van der Waals surface area contributed by atoms with Crippen LogP contribution in [-0.4, -0.2) is 66.6 Å². The number of hydrogen-bond acceptors (Lipinski definition) is 5. The van der Waals surface area contributed by atoms with Crippen LogP contribution in [0.4, 0.5) is 4.79 Å². The number of amides is 1. The minimum Gasteiger partial charge on any atom is -0.481 e. The Bertz CT molecular complexity index is 399. The number of carboxylic acid groups (broad SMARTS) is 1. The van der Waals surface area contributed by atoms with Gasteiger partial charge in [-0.15, -0.1) is 0 Å². The second kappa shape index (κ2) is 7.28. The lowest BCUT2D eigenvalue weighted by atomic mass is 9.86. The minimum atomic E-state index is -0.879. The van der Waals surface area contributed by atoms with Gasteiger partial charge in [0, 0.05) is 33.4 Å². The molecule has 7 nitrogen and oxygen atoms in total. The van der Waals surface area contributed by atoms with Gasteiger partial charge in [-0.1, -0.05) is 6.92 Å². The molecule has 22 heavy (non-hydrogen) atoms. The van der Waals surface area contributed by atoms with E-state index in [1.54, 1.807) is 27.9 Å². The molecule has 0 aromatic heterocycles. The van der Waals surface area contributed by atoms with Crippen molar-refractivity contribution in [3.8, 4) is 0 Å². The van der Waals surface area contributed by atoms with E-state index in [2.05, 4.69) is 5.32 Å². The Kier molecular flexibility index (Phi) is 6.19. The van der Waals surface area contributed by atoms with Crippen molar-refractivity contribution >= 4 is 12.1 Å². The second-order valence-electron chi connectivity index (χ2n) is 7.13. The highest BCUT2D eigenvalue weighted by Crippen LogP contribution is 2.27. The normalized spacial score (nSPS) is 18.5. The summed E-state index contributed by atoms with van der Waals surface area (Å²) in [5.41, 5.74) is -1.13. The molecule has 0 aromatic rings. The summed E-state index contributed by atoms with van der Waals surface area (Å²) < 4.78 is 10.4. The van der Waals surface area contributed by atoms with Gasteiger partial charge in [-0.2, -0.15) is 0 Å². The molecule has 1 unspecified atom stereocenters. The molecule has 1 saturated heterocycles. The molecule has 0 radical (unpaired) electrons. The molecule has 0 bridgehead atoms. The van der Waals surface area contributed by atoms with Gasteiger partial charge in [0.05, 0.1) is 12.0 Å². The molecule has 1 aliphatic heterocycles.